The summed E-state index contributed by atoms with van der Waals surface area (Å²) in [6, 6.07) is 0. The van der Waals surface area contributed by atoms with Gasteiger partial charge >= 0.3 is 0 Å². The van der Waals surface area contributed by atoms with E-state index in [2.05, 4.69) is 6.92 Å². The third-order valence-corrected chi connectivity index (χ3v) is 3.74. The highest BCUT2D eigenvalue weighted by Gasteiger charge is 2.46. The lowest BCUT2D eigenvalue weighted by Crippen LogP contribution is -2.45. The van der Waals surface area contributed by atoms with Crippen LogP contribution < -0.4 is 0 Å². The van der Waals surface area contributed by atoms with Crippen LogP contribution in [0.1, 0.15) is 53.4 Å². The molecule has 0 amide bonds. The Labute approximate surface area is 92.4 Å². The summed E-state index contributed by atoms with van der Waals surface area (Å²) in [6.07, 6.45) is 3.02. The van der Waals surface area contributed by atoms with Crippen LogP contribution in [-0.2, 0) is 9.59 Å². The Hall–Kier alpha value is -0.660. The molecule has 0 bridgehead atoms. The van der Waals surface area contributed by atoms with E-state index in [-0.39, 0.29) is 17.5 Å². The fraction of sp³-hybridized carbons (Fsp3) is 0.846. The van der Waals surface area contributed by atoms with Crippen molar-refractivity contribution < 1.29 is 9.59 Å². The topological polar surface area (TPSA) is 34.1 Å². The number of carbonyl (C=O) groups is 2. The molecule has 0 aromatic carbocycles. The Kier molecular flexibility index (Phi) is 3.69. The molecule has 2 heteroatoms. The Morgan fingerprint density at radius 3 is 2.60 bits per heavy atom. The first-order valence-electron chi connectivity index (χ1n) is 5.97. The molecule has 0 spiro atoms. The van der Waals surface area contributed by atoms with Gasteiger partial charge in [-0.2, -0.15) is 0 Å². The summed E-state index contributed by atoms with van der Waals surface area (Å²) in [5, 5.41) is 0. The van der Waals surface area contributed by atoms with E-state index in [9.17, 15) is 9.59 Å². The van der Waals surface area contributed by atoms with Crippen LogP contribution in [0.3, 0.4) is 0 Å². The fourth-order valence-corrected chi connectivity index (χ4v) is 2.85. The molecule has 1 saturated carbocycles. The molecule has 0 aromatic heterocycles. The van der Waals surface area contributed by atoms with E-state index in [1.165, 1.54) is 0 Å². The Balaban J connectivity index is 2.90. The lowest BCUT2D eigenvalue weighted by Gasteiger charge is -2.40. The summed E-state index contributed by atoms with van der Waals surface area (Å²) in [5.41, 5.74) is -0.441. The number of ketones is 2. The van der Waals surface area contributed by atoms with Gasteiger partial charge in [0.05, 0.1) is 0 Å². The van der Waals surface area contributed by atoms with Crippen molar-refractivity contribution in [2.24, 2.45) is 17.3 Å². The van der Waals surface area contributed by atoms with E-state index in [0.29, 0.717) is 18.8 Å². The predicted molar refractivity (Wildman–Crippen MR) is 60.6 cm³/mol. The maximum absolute atomic E-state index is 12.0. The van der Waals surface area contributed by atoms with E-state index in [4.69, 9.17) is 0 Å². The van der Waals surface area contributed by atoms with Gasteiger partial charge in [-0.25, -0.2) is 0 Å². The van der Waals surface area contributed by atoms with Gasteiger partial charge < -0.3 is 0 Å². The van der Waals surface area contributed by atoms with Crippen molar-refractivity contribution in [3.8, 4) is 0 Å². The van der Waals surface area contributed by atoms with E-state index < -0.39 is 5.41 Å². The molecule has 2 atom stereocenters. The van der Waals surface area contributed by atoms with Gasteiger partial charge in [0.25, 0.3) is 0 Å². The molecule has 0 radical (unpaired) electrons. The van der Waals surface area contributed by atoms with Crippen molar-refractivity contribution >= 4 is 11.6 Å². The third kappa shape index (κ3) is 2.30. The maximum atomic E-state index is 12.0. The lowest BCUT2D eigenvalue weighted by atomic mass is 9.61. The minimum absolute atomic E-state index is 0.0568. The number of rotatable bonds is 3. The molecule has 2 nitrogen and oxygen atoms in total. The number of carbonyl (C=O) groups excluding carboxylic acids is 2. The van der Waals surface area contributed by atoms with Gasteiger partial charge in [0, 0.05) is 24.2 Å². The number of Topliss-reactive ketones (excluding diaryl/α,β-unsaturated/α-hetero) is 2. The smallest absolute Gasteiger partial charge is 0.139 e. The summed E-state index contributed by atoms with van der Waals surface area (Å²) >= 11 is 0. The second-order valence-corrected chi connectivity index (χ2v) is 5.35. The van der Waals surface area contributed by atoms with Crippen LogP contribution in [0, 0.1) is 17.3 Å². The van der Waals surface area contributed by atoms with Crippen molar-refractivity contribution in [1.82, 2.24) is 0 Å². The standard InChI is InChI=1S/C13H22O2/c1-5-6-10(14)12-9(2)7-8-11(15)13(12,3)4/h9,12H,5-8H2,1-4H3. The van der Waals surface area contributed by atoms with Crippen molar-refractivity contribution in [3.63, 3.8) is 0 Å². The number of hydrogen-bond donors (Lipinski definition) is 0. The highest BCUT2D eigenvalue weighted by Crippen LogP contribution is 2.42. The van der Waals surface area contributed by atoms with Crippen molar-refractivity contribution in [3.05, 3.63) is 0 Å². The fourth-order valence-electron chi connectivity index (χ4n) is 2.85. The molecule has 0 saturated heterocycles. The minimum atomic E-state index is -0.441. The summed E-state index contributed by atoms with van der Waals surface area (Å²) in [4.78, 5) is 23.8. The monoisotopic (exact) mass is 210 g/mol. The second kappa shape index (κ2) is 4.46. The molecule has 0 N–H and O–H groups in total. The van der Waals surface area contributed by atoms with Crippen molar-refractivity contribution in [2.75, 3.05) is 0 Å². The van der Waals surface area contributed by atoms with Gasteiger partial charge in [-0.3, -0.25) is 9.59 Å². The van der Waals surface area contributed by atoms with Gasteiger partial charge in [0.15, 0.2) is 0 Å². The highest BCUT2D eigenvalue weighted by atomic mass is 16.1. The van der Waals surface area contributed by atoms with E-state index in [1.807, 2.05) is 20.8 Å². The first-order chi connectivity index (χ1) is 6.91. The predicted octanol–water partition coefficient (Wildman–Crippen LogP) is 3.00. The molecular weight excluding hydrogens is 188 g/mol. The van der Waals surface area contributed by atoms with Crippen LogP contribution in [0.5, 0.6) is 0 Å². The van der Waals surface area contributed by atoms with Gasteiger partial charge in [0.2, 0.25) is 0 Å². The zero-order valence-electron chi connectivity index (χ0n) is 10.3. The normalized spacial score (nSPS) is 30.3. The molecule has 1 aliphatic rings. The average molecular weight is 210 g/mol. The van der Waals surface area contributed by atoms with Crippen molar-refractivity contribution in [1.29, 1.82) is 0 Å². The van der Waals surface area contributed by atoms with Crippen LogP contribution in [0.2, 0.25) is 0 Å². The van der Waals surface area contributed by atoms with Gasteiger partial charge in [-0.1, -0.05) is 27.7 Å². The largest absolute Gasteiger partial charge is 0.299 e. The summed E-state index contributed by atoms with van der Waals surface area (Å²) in [6.45, 7) is 7.99. The zero-order chi connectivity index (χ0) is 11.6. The van der Waals surface area contributed by atoms with E-state index in [0.717, 1.165) is 12.8 Å². The van der Waals surface area contributed by atoms with Gasteiger partial charge in [0.1, 0.15) is 11.6 Å². The van der Waals surface area contributed by atoms with Crippen LogP contribution in [0.15, 0.2) is 0 Å². The van der Waals surface area contributed by atoms with E-state index in [1.54, 1.807) is 0 Å². The maximum Gasteiger partial charge on any atom is 0.139 e. The lowest BCUT2D eigenvalue weighted by molar-refractivity contribution is -0.144. The second-order valence-electron chi connectivity index (χ2n) is 5.35. The van der Waals surface area contributed by atoms with Crippen LogP contribution >= 0.6 is 0 Å². The summed E-state index contributed by atoms with van der Waals surface area (Å²) in [5.74, 6) is 0.841. The molecule has 0 heterocycles. The Morgan fingerprint density at radius 1 is 1.47 bits per heavy atom. The molecule has 0 aromatic rings. The molecule has 0 aliphatic heterocycles. The molecule has 2 unspecified atom stereocenters. The zero-order valence-corrected chi connectivity index (χ0v) is 10.3. The molecular formula is C13H22O2. The first kappa shape index (κ1) is 12.4. The van der Waals surface area contributed by atoms with E-state index >= 15 is 0 Å². The Bertz CT molecular complexity index is 266. The summed E-state index contributed by atoms with van der Waals surface area (Å²) < 4.78 is 0. The van der Waals surface area contributed by atoms with Crippen molar-refractivity contribution in [2.45, 2.75) is 53.4 Å². The third-order valence-electron chi connectivity index (χ3n) is 3.74. The van der Waals surface area contributed by atoms with Crippen LogP contribution in [-0.4, -0.2) is 11.6 Å². The number of hydrogen-bond acceptors (Lipinski definition) is 2. The molecule has 1 aliphatic carbocycles. The molecule has 1 rings (SSSR count). The van der Waals surface area contributed by atoms with Crippen LogP contribution in [0.4, 0.5) is 0 Å². The van der Waals surface area contributed by atoms with Gasteiger partial charge in [-0.15, -0.1) is 0 Å². The summed E-state index contributed by atoms with van der Waals surface area (Å²) in [7, 11) is 0. The average Bonchev–Trinajstić information content (AvgIpc) is 2.12. The molecule has 15 heavy (non-hydrogen) atoms. The first-order valence-corrected chi connectivity index (χ1v) is 5.97. The molecule has 86 valence electrons. The quantitative estimate of drug-likeness (QED) is 0.717. The van der Waals surface area contributed by atoms with Gasteiger partial charge in [-0.05, 0) is 18.8 Å². The SMILES string of the molecule is CCCC(=O)C1C(C)CCC(=O)C1(C)C. The highest BCUT2D eigenvalue weighted by molar-refractivity contribution is 5.93. The minimum Gasteiger partial charge on any atom is -0.299 e. The van der Waals surface area contributed by atoms with Crippen LogP contribution in [0.25, 0.3) is 0 Å². The molecule has 1 fully saturated rings. The Morgan fingerprint density at radius 2 is 2.07 bits per heavy atom.